The Kier molecular flexibility index (Phi) is 14.3. The van der Waals surface area contributed by atoms with Crippen LogP contribution in [0.25, 0.3) is 0 Å². The van der Waals surface area contributed by atoms with Gasteiger partial charge >= 0.3 is 11.9 Å². The van der Waals surface area contributed by atoms with E-state index < -0.39 is 6.04 Å². The minimum atomic E-state index is -0.631. The Morgan fingerprint density at radius 1 is 1.06 bits per heavy atom. The van der Waals surface area contributed by atoms with Crippen molar-refractivity contribution in [3.8, 4) is 0 Å². The molecule has 1 saturated heterocycles. The Morgan fingerprint density at radius 2 is 1.71 bits per heavy atom. The molecule has 6 nitrogen and oxygen atoms in total. The topological polar surface area (TPSA) is 81.7 Å². The molecule has 180 valence electrons. The van der Waals surface area contributed by atoms with Gasteiger partial charge in [0.25, 0.3) is 0 Å². The third-order valence-corrected chi connectivity index (χ3v) is 6.06. The molecule has 1 amide bonds. The second-order valence-corrected chi connectivity index (χ2v) is 9.40. The third-order valence-electron chi connectivity index (χ3n) is 6.06. The maximum atomic E-state index is 12.7. The SMILES string of the molecule is CCCCCCCC(CC1OC(=O)C1CCCCCC)OC(=O)C(CC(C)C)NC=O. The first kappa shape index (κ1) is 27.4. The maximum Gasteiger partial charge on any atom is 0.328 e. The van der Waals surface area contributed by atoms with Gasteiger partial charge in [0.05, 0.1) is 5.92 Å². The zero-order valence-corrected chi connectivity index (χ0v) is 20.2. The first-order valence-electron chi connectivity index (χ1n) is 12.5. The molecular formula is C25H45NO5. The molecule has 1 fully saturated rings. The molecule has 0 aromatic heterocycles. The standard InChI is InChI=1S/C25H45NO5/c1-5-7-9-11-12-14-20(30-25(29)22(26-18-27)16-19(3)4)17-23-21(24(28)31-23)15-13-10-8-6-2/h18-23H,5-17H2,1-4H3,(H,26,27). The highest BCUT2D eigenvalue weighted by molar-refractivity contribution is 5.79. The number of cyclic esters (lactones) is 1. The van der Waals surface area contributed by atoms with Crippen LogP contribution in [0.15, 0.2) is 0 Å². The second kappa shape index (κ2) is 16.1. The molecule has 6 heteroatoms. The first-order valence-corrected chi connectivity index (χ1v) is 12.5. The summed E-state index contributed by atoms with van der Waals surface area (Å²) in [7, 11) is 0. The lowest BCUT2D eigenvalue weighted by Gasteiger charge is -2.37. The van der Waals surface area contributed by atoms with Crippen LogP contribution in [-0.4, -0.2) is 36.6 Å². The summed E-state index contributed by atoms with van der Waals surface area (Å²) in [5.41, 5.74) is 0. The van der Waals surface area contributed by atoms with Crippen LogP contribution in [0.5, 0.6) is 0 Å². The Labute approximate surface area is 189 Å². The van der Waals surface area contributed by atoms with Crippen molar-refractivity contribution in [1.82, 2.24) is 5.32 Å². The highest BCUT2D eigenvalue weighted by Crippen LogP contribution is 2.32. The molecule has 0 bridgehead atoms. The van der Waals surface area contributed by atoms with Gasteiger partial charge in [-0.25, -0.2) is 4.79 Å². The van der Waals surface area contributed by atoms with Crippen LogP contribution in [0.3, 0.4) is 0 Å². The van der Waals surface area contributed by atoms with E-state index in [1.807, 2.05) is 13.8 Å². The van der Waals surface area contributed by atoms with Crippen molar-refractivity contribution in [1.29, 1.82) is 0 Å². The quantitative estimate of drug-likeness (QED) is 0.167. The van der Waals surface area contributed by atoms with Gasteiger partial charge in [-0.3, -0.25) is 9.59 Å². The summed E-state index contributed by atoms with van der Waals surface area (Å²) in [6.07, 6.45) is 13.0. The van der Waals surface area contributed by atoms with E-state index in [0.29, 0.717) is 19.3 Å². The van der Waals surface area contributed by atoms with E-state index >= 15 is 0 Å². The second-order valence-electron chi connectivity index (χ2n) is 9.40. The average Bonchev–Trinajstić information content (AvgIpc) is 2.72. The van der Waals surface area contributed by atoms with Crippen molar-refractivity contribution in [2.45, 2.75) is 129 Å². The van der Waals surface area contributed by atoms with Crippen LogP contribution >= 0.6 is 0 Å². The Morgan fingerprint density at radius 3 is 2.29 bits per heavy atom. The van der Waals surface area contributed by atoms with Crippen molar-refractivity contribution >= 4 is 18.3 Å². The molecular weight excluding hydrogens is 394 g/mol. The van der Waals surface area contributed by atoms with E-state index in [1.165, 1.54) is 32.1 Å². The van der Waals surface area contributed by atoms with Crippen molar-refractivity contribution in [2.24, 2.45) is 11.8 Å². The summed E-state index contributed by atoms with van der Waals surface area (Å²) in [6, 6.07) is -0.631. The van der Waals surface area contributed by atoms with Crippen molar-refractivity contribution in [3.63, 3.8) is 0 Å². The van der Waals surface area contributed by atoms with Gasteiger partial charge in [0.15, 0.2) is 0 Å². The average molecular weight is 440 g/mol. The molecule has 4 atom stereocenters. The summed E-state index contributed by atoms with van der Waals surface area (Å²) in [6.45, 7) is 8.38. The summed E-state index contributed by atoms with van der Waals surface area (Å²) in [5.74, 6) is -0.311. The van der Waals surface area contributed by atoms with Gasteiger partial charge in [-0.1, -0.05) is 79.1 Å². The summed E-state index contributed by atoms with van der Waals surface area (Å²) in [4.78, 5) is 35.7. The monoisotopic (exact) mass is 439 g/mol. The van der Waals surface area contributed by atoms with Crippen LogP contribution < -0.4 is 5.32 Å². The molecule has 0 aromatic carbocycles. The van der Waals surface area contributed by atoms with Crippen molar-refractivity contribution in [2.75, 3.05) is 0 Å². The summed E-state index contributed by atoms with van der Waals surface area (Å²) in [5, 5.41) is 2.60. The van der Waals surface area contributed by atoms with Gasteiger partial charge in [-0.2, -0.15) is 0 Å². The first-order chi connectivity index (χ1) is 14.9. The molecule has 0 aromatic rings. The van der Waals surface area contributed by atoms with Gasteiger partial charge < -0.3 is 14.8 Å². The molecule has 1 rings (SSSR count). The zero-order chi connectivity index (χ0) is 23.1. The highest BCUT2D eigenvalue weighted by Gasteiger charge is 2.43. The Balaban J connectivity index is 2.66. The van der Waals surface area contributed by atoms with Crippen LogP contribution in [0.2, 0.25) is 0 Å². The molecule has 0 radical (unpaired) electrons. The van der Waals surface area contributed by atoms with Crippen LogP contribution in [-0.2, 0) is 23.9 Å². The Hall–Kier alpha value is -1.59. The van der Waals surface area contributed by atoms with Crippen LogP contribution in [0, 0.1) is 11.8 Å². The van der Waals surface area contributed by atoms with Gasteiger partial charge in [0.1, 0.15) is 18.2 Å². The van der Waals surface area contributed by atoms with Crippen LogP contribution in [0.1, 0.15) is 111 Å². The largest absolute Gasteiger partial charge is 0.461 e. The molecule has 4 unspecified atom stereocenters. The number of amides is 1. The molecule has 1 heterocycles. The van der Waals surface area contributed by atoms with Gasteiger partial charge in [0, 0.05) is 6.42 Å². The predicted octanol–water partition coefficient (Wildman–Crippen LogP) is 5.32. The fourth-order valence-electron chi connectivity index (χ4n) is 4.20. The maximum absolute atomic E-state index is 12.7. The summed E-state index contributed by atoms with van der Waals surface area (Å²) >= 11 is 0. The molecule has 1 aliphatic rings. The molecule has 0 saturated carbocycles. The molecule has 0 spiro atoms. The minimum Gasteiger partial charge on any atom is -0.461 e. The number of esters is 2. The number of carbonyl (C=O) groups excluding carboxylic acids is 3. The van der Waals surface area contributed by atoms with Crippen molar-refractivity contribution in [3.05, 3.63) is 0 Å². The number of carbonyl (C=O) groups is 3. The van der Waals surface area contributed by atoms with E-state index in [4.69, 9.17) is 9.47 Å². The summed E-state index contributed by atoms with van der Waals surface area (Å²) < 4.78 is 11.3. The Bertz CT molecular complexity index is 522. The zero-order valence-electron chi connectivity index (χ0n) is 20.2. The third kappa shape index (κ3) is 11.0. The number of hydrogen-bond acceptors (Lipinski definition) is 5. The van der Waals surface area contributed by atoms with Crippen molar-refractivity contribution < 1.29 is 23.9 Å². The highest BCUT2D eigenvalue weighted by atomic mass is 16.6. The fraction of sp³-hybridized carbons (Fsp3) is 0.880. The number of nitrogens with one attached hydrogen (secondary N) is 1. The van der Waals surface area contributed by atoms with E-state index in [2.05, 4.69) is 19.2 Å². The minimum absolute atomic E-state index is 0.0716. The van der Waals surface area contributed by atoms with E-state index in [-0.39, 0.29) is 36.0 Å². The van der Waals surface area contributed by atoms with Gasteiger partial charge in [-0.05, 0) is 31.6 Å². The number of hydrogen-bond donors (Lipinski definition) is 1. The van der Waals surface area contributed by atoms with Gasteiger partial charge in [0.2, 0.25) is 6.41 Å². The molecule has 1 aliphatic heterocycles. The van der Waals surface area contributed by atoms with Gasteiger partial charge in [-0.15, -0.1) is 0 Å². The normalized spacial score (nSPS) is 20.0. The van der Waals surface area contributed by atoms with E-state index in [9.17, 15) is 14.4 Å². The lowest BCUT2D eigenvalue weighted by molar-refractivity contribution is -0.190. The molecule has 1 N–H and O–H groups in total. The molecule has 0 aliphatic carbocycles. The van der Waals surface area contributed by atoms with Crippen LogP contribution in [0.4, 0.5) is 0 Å². The number of unbranched alkanes of at least 4 members (excludes halogenated alkanes) is 7. The molecule has 31 heavy (non-hydrogen) atoms. The lowest BCUT2D eigenvalue weighted by Crippen LogP contribution is -2.48. The number of ether oxygens (including phenoxy) is 2. The smallest absolute Gasteiger partial charge is 0.328 e. The lowest BCUT2D eigenvalue weighted by atomic mass is 9.86. The van der Waals surface area contributed by atoms with E-state index in [1.54, 1.807) is 0 Å². The number of rotatable bonds is 19. The fourth-order valence-corrected chi connectivity index (χ4v) is 4.20. The predicted molar refractivity (Wildman–Crippen MR) is 122 cm³/mol. The van der Waals surface area contributed by atoms with E-state index in [0.717, 1.165) is 38.5 Å².